The van der Waals surface area contributed by atoms with E-state index in [4.69, 9.17) is 0 Å². The van der Waals surface area contributed by atoms with Crippen molar-refractivity contribution >= 4 is 28.3 Å². The summed E-state index contributed by atoms with van der Waals surface area (Å²) in [5.74, 6) is -37.2. The van der Waals surface area contributed by atoms with E-state index in [9.17, 15) is 65.9 Å². The van der Waals surface area contributed by atoms with E-state index >= 15 is 0 Å². The maximum absolute atomic E-state index is 14.5. The summed E-state index contributed by atoms with van der Waals surface area (Å²) in [6.07, 6.45) is 7.78. The molecule has 0 saturated heterocycles. The first-order valence-corrected chi connectivity index (χ1v) is 31.2. The molecule has 0 radical (unpaired) electrons. The number of rotatable bonds is 24. The molecule has 6 aromatic rings. The van der Waals surface area contributed by atoms with Crippen LogP contribution in [0, 0.1) is 87.3 Å². The van der Waals surface area contributed by atoms with E-state index < -0.39 is 166 Å². The first-order chi connectivity index (χ1) is 36.6. The van der Waals surface area contributed by atoms with E-state index in [1.54, 1.807) is 16.7 Å². The van der Waals surface area contributed by atoms with Crippen LogP contribution < -0.4 is 0 Å². The van der Waals surface area contributed by atoms with Crippen LogP contribution in [0.2, 0.25) is 31.7 Å². The molecule has 0 saturated carbocycles. The summed E-state index contributed by atoms with van der Waals surface area (Å²) in [7, 11) is 0. The number of benzene rings is 6. The number of halogens is 15. The molecule has 0 heterocycles. The zero-order chi connectivity index (χ0) is 56.8. The maximum Gasteiger partial charge on any atom is 0.263 e. The summed E-state index contributed by atoms with van der Waals surface area (Å²) in [4.78, 5) is 0. The average molecular weight is 1120 g/mol. The molecule has 6 rings (SSSR count). The maximum atomic E-state index is 14.5. The van der Waals surface area contributed by atoms with E-state index in [-0.39, 0.29) is 0 Å². The van der Waals surface area contributed by atoms with Gasteiger partial charge in [-0.15, -0.1) is 0 Å². The third kappa shape index (κ3) is 15.6. The highest BCUT2D eigenvalue weighted by molar-refractivity contribution is 6.59. The van der Waals surface area contributed by atoms with E-state index in [0.717, 1.165) is 38.5 Å². The van der Waals surface area contributed by atoms with Crippen molar-refractivity contribution in [3.05, 3.63) is 212 Å². The summed E-state index contributed by atoms with van der Waals surface area (Å²) >= 11 is -4.20. The second kappa shape index (κ2) is 29.5. The summed E-state index contributed by atoms with van der Waals surface area (Å²) in [6, 6.07) is 34.2. The lowest BCUT2D eigenvalue weighted by Gasteiger charge is -2.28. The predicted octanol–water partition coefficient (Wildman–Crippen LogP) is 20.2. The Morgan fingerprint density at radius 3 is 0.649 bits per heavy atom. The van der Waals surface area contributed by atoms with E-state index in [2.05, 4.69) is 112 Å². The highest BCUT2D eigenvalue weighted by atomic mass is 27.2. The molecule has 6 aromatic carbocycles. The normalized spacial score (nSPS) is 13.8. The Morgan fingerprint density at radius 1 is 0.273 bits per heavy atom. The molecule has 0 fully saturated rings. The molecule has 414 valence electrons. The molecule has 0 aliphatic heterocycles. The van der Waals surface area contributed by atoms with Gasteiger partial charge in [-0.25, -0.2) is 65.9 Å². The lowest BCUT2D eigenvalue weighted by molar-refractivity contribution is 0.365. The van der Waals surface area contributed by atoms with Crippen molar-refractivity contribution in [2.45, 2.75) is 147 Å². The Hall–Kier alpha value is -4.67. The minimum Gasteiger partial charge on any atom is -0.203 e. The minimum atomic E-state index is -3.19. The third-order valence-electron chi connectivity index (χ3n) is 14.8. The van der Waals surface area contributed by atoms with Crippen molar-refractivity contribution in [1.29, 1.82) is 0 Å². The van der Waals surface area contributed by atoms with Crippen LogP contribution in [0.1, 0.15) is 149 Å². The first-order valence-electron chi connectivity index (χ1n) is 26.3. The highest BCUT2D eigenvalue weighted by Crippen LogP contribution is 2.42. The Balaban J connectivity index is 0.000000292. The van der Waals surface area contributed by atoms with Crippen LogP contribution in [-0.2, 0) is 0 Å². The quantitative estimate of drug-likeness (QED) is 0.0245. The van der Waals surface area contributed by atoms with Crippen molar-refractivity contribution in [3.8, 4) is 0 Å². The Bertz CT molecular complexity index is 2460. The van der Waals surface area contributed by atoms with Crippen LogP contribution in [0.3, 0.4) is 0 Å². The Kier molecular flexibility index (Phi) is 24.2. The van der Waals surface area contributed by atoms with Gasteiger partial charge in [0, 0.05) is 16.7 Å². The molecule has 6 atom stereocenters. The Morgan fingerprint density at radius 2 is 0.455 bits per heavy atom. The van der Waals surface area contributed by atoms with Crippen LogP contribution in [-0.4, -0.2) is 28.3 Å². The molecule has 0 aliphatic carbocycles. The third-order valence-corrected chi connectivity index (χ3v) is 22.7. The molecule has 77 heavy (non-hydrogen) atoms. The van der Waals surface area contributed by atoms with Gasteiger partial charge in [0.15, 0.2) is 69.8 Å². The van der Waals surface area contributed by atoms with Gasteiger partial charge in [0.05, 0.1) is 0 Å². The lowest BCUT2D eigenvalue weighted by Crippen LogP contribution is -2.24. The predicted molar refractivity (Wildman–Crippen MR) is 277 cm³/mol. The van der Waals surface area contributed by atoms with E-state index in [0.29, 0.717) is 0 Å². The van der Waals surface area contributed by atoms with Crippen molar-refractivity contribution in [2.24, 2.45) is 0 Å². The molecule has 0 bridgehead atoms. The summed E-state index contributed by atoms with van der Waals surface area (Å²) < 4.78 is 211. The van der Waals surface area contributed by atoms with Crippen LogP contribution in [0.15, 0.2) is 91.0 Å². The minimum absolute atomic E-state index is 0.572. The zero-order valence-electron chi connectivity index (χ0n) is 43.9. The highest BCUT2D eigenvalue weighted by Gasteiger charge is 2.38. The second-order valence-electron chi connectivity index (χ2n) is 20.5. The largest absolute Gasteiger partial charge is 0.263 e. The molecule has 17 heteroatoms. The molecule has 0 N–H and O–H groups in total. The molecule has 0 spiro atoms. The van der Waals surface area contributed by atoms with Gasteiger partial charge in [0.1, 0.15) is 0 Å². The smallest absolute Gasteiger partial charge is 0.203 e. The topological polar surface area (TPSA) is 0 Å². The van der Waals surface area contributed by atoms with Gasteiger partial charge in [-0.1, -0.05) is 183 Å². The lowest BCUT2D eigenvalue weighted by atomic mass is 9.95. The molecule has 0 aromatic heterocycles. The summed E-state index contributed by atoms with van der Waals surface area (Å²) in [5, 5.41) is 2.61. The molecular formula is C60H63Al2F15. The van der Waals surface area contributed by atoms with Crippen molar-refractivity contribution in [2.75, 3.05) is 0 Å². The second-order valence-corrected chi connectivity index (χ2v) is 26.8. The van der Waals surface area contributed by atoms with Gasteiger partial charge >= 0.3 is 0 Å². The van der Waals surface area contributed by atoms with Crippen molar-refractivity contribution in [3.63, 3.8) is 0 Å². The van der Waals surface area contributed by atoms with Gasteiger partial charge in [-0.2, -0.15) is 0 Å². The van der Waals surface area contributed by atoms with Crippen LogP contribution in [0.5, 0.6) is 0 Å². The Labute approximate surface area is 450 Å². The summed E-state index contributed by atoms with van der Waals surface area (Å²) in [6.45, 7) is 10.0. The fourth-order valence-electron chi connectivity index (χ4n) is 11.3. The van der Waals surface area contributed by atoms with Crippen molar-refractivity contribution < 1.29 is 65.9 Å². The fourth-order valence-corrected chi connectivity index (χ4v) is 20.1. The van der Waals surface area contributed by atoms with Crippen LogP contribution in [0.25, 0.3) is 0 Å². The number of hydrogen-bond donors (Lipinski definition) is 0. The van der Waals surface area contributed by atoms with Gasteiger partial charge in [-0.3, -0.25) is 0 Å². The van der Waals surface area contributed by atoms with Gasteiger partial charge < -0.3 is 0 Å². The van der Waals surface area contributed by atoms with E-state index in [1.807, 2.05) is 0 Å². The monoisotopic (exact) mass is 1120 g/mol. The van der Waals surface area contributed by atoms with E-state index in [1.165, 1.54) is 54.4 Å². The fraction of sp³-hybridized carbons (Fsp3) is 0.400. The number of hydrogen-bond acceptors (Lipinski definition) is 0. The van der Waals surface area contributed by atoms with Crippen LogP contribution in [0.4, 0.5) is 65.9 Å². The van der Waals surface area contributed by atoms with Gasteiger partial charge in [0.25, 0.3) is 28.3 Å². The summed E-state index contributed by atoms with van der Waals surface area (Å²) in [5.41, 5.74) is 0.756. The molecule has 0 amide bonds. The zero-order valence-corrected chi connectivity index (χ0v) is 46.2. The SMILES string of the molecule is CC([CH2][Al]([CH2]C(C)c1c(F)c(F)c(F)c(F)c1F)[CH2]C(C)c1c(F)c(F)c(F)c(F)c1F)c1c(F)c(F)c(F)c(F)c1F.CCCC([CH2][Al]([CH2]C(CCC)c1ccccc1)[CH2]C(CCC)c1ccccc1)c1ccccc1. The van der Waals surface area contributed by atoms with Crippen LogP contribution >= 0.6 is 0 Å². The molecule has 0 aliphatic rings. The van der Waals surface area contributed by atoms with Crippen molar-refractivity contribution in [1.82, 2.24) is 0 Å². The molecule has 6 unspecified atom stereocenters. The standard InChI is InChI=1S/3C11H15.3C9H6F5.2Al/c3*1-3-7-10(2)11-8-5-4-6-9-11;3*1-3(2)4-5(10)7(12)9(14)8(13)6(4)11;;/h3*4-6,8-10H,2-3,7H2,1H3;3*3H,1H2,2H3;;. The average Bonchev–Trinajstić information content (AvgIpc) is 3.43. The van der Waals surface area contributed by atoms with Gasteiger partial charge in [-0.05, 0) is 71.5 Å². The first kappa shape index (κ1) is 63.2. The van der Waals surface area contributed by atoms with Gasteiger partial charge in [0.2, 0.25) is 17.5 Å². The molecule has 0 nitrogen and oxygen atoms in total. The molecular weight excluding hydrogens is 1060 g/mol.